The van der Waals surface area contributed by atoms with Crippen LogP contribution in [0, 0.1) is 11.2 Å². The summed E-state index contributed by atoms with van der Waals surface area (Å²) < 4.78 is 0. The summed E-state index contributed by atoms with van der Waals surface area (Å²) in [6, 6.07) is 3.62. The van der Waals surface area contributed by atoms with Crippen LogP contribution < -0.4 is 0 Å². The van der Waals surface area contributed by atoms with Crippen molar-refractivity contribution in [3.8, 4) is 11.2 Å². The molecule has 0 aromatic carbocycles. The lowest BCUT2D eigenvalue weighted by molar-refractivity contribution is 0.277. The number of aliphatic hydroxyl groups is 1. The van der Waals surface area contributed by atoms with Gasteiger partial charge in [-0.05, 0) is 23.6 Å². The van der Waals surface area contributed by atoms with Crippen molar-refractivity contribution < 1.29 is 5.11 Å². The summed E-state index contributed by atoms with van der Waals surface area (Å²) in [5.41, 5.74) is 1.55. The molecular weight excluding hydrogens is 170 g/mol. The van der Waals surface area contributed by atoms with Crippen LogP contribution in [0.2, 0.25) is 0 Å². The zero-order valence-electron chi connectivity index (χ0n) is 6.74. The van der Waals surface area contributed by atoms with E-state index in [1.807, 2.05) is 12.3 Å². The fourth-order valence-electron chi connectivity index (χ4n) is 0.702. The predicted octanol–water partition coefficient (Wildman–Crippen LogP) is 1.25. The Morgan fingerprint density at radius 1 is 1.58 bits per heavy atom. The van der Waals surface area contributed by atoms with Gasteiger partial charge >= 0.3 is 0 Å². The monoisotopic (exact) mass is 179 g/mol. The molecule has 1 N–H and O–H groups in total. The number of aromatic nitrogens is 1. The largest absolute Gasteiger partial charge is 0.390 e. The van der Waals surface area contributed by atoms with Crippen LogP contribution in [-0.2, 0) is 6.61 Å². The van der Waals surface area contributed by atoms with E-state index in [2.05, 4.69) is 16.2 Å². The minimum absolute atomic E-state index is 0.0176. The Morgan fingerprint density at radius 2 is 2.42 bits per heavy atom. The zero-order valence-corrected chi connectivity index (χ0v) is 7.56. The summed E-state index contributed by atoms with van der Waals surface area (Å²) in [5.74, 6) is 2.91. The van der Waals surface area contributed by atoms with E-state index in [0.29, 0.717) is 5.69 Å². The molecule has 0 aliphatic carbocycles. The van der Waals surface area contributed by atoms with Crippen LogP contribution in [0.1, 0.15) is 11.3 Å². The van der Waals surface area contributed by atoms with Gasteiger partial charge in [-0.15, -0.1) is 0 Å². The molecule has 0 atom stereocenters. The lowest BCUT2D eigenvalue weighted by Crippen LogP contribution is -1.87. The molecule has 0 saturated heterocycles. The first-order valence-corrected chi connectivity index (χ1v) is 4.69. The first-order chi connectivity index (χ1) is 5.86. The molecule has 0 bridgehead atoms. The summed E-state index contributed by atoms with van der Waals surface area (Å²) in [7, 11) is 0. The van der Waals surface area contributed by atoms with Crippen molar-refractivity contribution >= 4 is 11.8 Å². The van der Waals surface area contributed by atoms with Gasteiger partial charge in [0.25, 0.3) is 0 Å². The Balaban J connectivity index is 2.78. The molecule has 1 heterocycles. The maximum Gasteiger partial charge on any atom is 0.0852 e. The minimum atomic E-state index is -0.0176. The van der Waals surface area contributed by atoms with Crippen LogP contribution in [0.25, 0.3) is 0 Å². The number of thioether (sulfide) groups is 1. The fraction of sp³-hybridized carbons (Fsp3) is 0.222. The van der Waals surface area contributed by atoms with E-state index >= 15 is 0 Å². The van der Waals surface area contributed by atoms with Gasteiger partial charge in [0.15, 0.2) is 0 Å². The second-order valence-corrected chi connectivity index (χ2v) is 2.74. The molecule has 0 fully saturated rings. The van der Waals surface area contributed by atoms with Crippen molar-refractivity contribution in [2.24, 2.45) is 0 Å². The van der Waals surface area contributed by atoms with E-state index in [9.17, 15) is 0 Å². The third kappa shape index (κ3) is 2.57. The topological polar surface area (TPSA) is 33.1 Å². The molecule has 1 rings (SSSR count). The smallest absolute Gasteiger partial charge is 0.0852 e. The molecular formula is C9H9NOS. The van der Waals surface area contributed by atoms with E-state index < -0.39 is 0 Å². The highest BCUT2D eigenvalue weighted by atomic mass is 32.2. The molecule has 0 amide bonds. The standard InChI is InChI=1S/C9H9NOS/c1-12-5-4-8-2-3-9(7-11)10-6-8/h2-3,6,11H,7H2,1H3. The number of hydrogen-bond acceptors (Lipinski definition) is 3. The molecule has 62 valence electrons. The second-order valence-electron chi connectivity index (χ2n) is 2.13. The molecule has 2 nitrogen and oxygen atoms in total. The predicted molar refractivity (Wildman–Crippen MR) is 50.6 cm³/mol. The number of hydrogen-bond donors (Lipinski definition) is 1. The molecule has 12 heavy (non-hydrogen) atoms. The number of pyridine rings is 1. The van der Waals surface area contributed by atoms with Crippen molar-refractivity contribution in [3.63, 3.8) is 0 Å². The second kappa shape index (κ2) is 4.81. The molecule has 0 unspecified atom stereocenters. The molecule has 0 aliphatic heterocycles. The van der Waals surface area contributed by atoms with Crippen LogP contribution in [-0.4, -0.2) is 16.3 Å². The van der Waals surface area contributed by atoms with Crippen LogP contribution in [0.4, 0.5) is 0 Å². The van der Waals surface area contributed by atoms with Crippen molar-refractivity contribution in [1.82, 2.24) is 4.98 Å². The summed E-state index contributed by atoms with van der Waals surface area (Å²) in [6.07, 6.45) is 3.58. The highest BCUT2D eigenvalue weighted by molar-refractivity contribution is 8.03. The first kappa shape index (κ1) is 9.11. The Hall–Kier alpha value is -0.980. The van der Waals surface area contributed by atoms with Gasteiger partial charge in [0, 0.05) is 11.8 Å². The van der Waals surface area contributed by atoms with Gasteiger partial charge in [-0.25, -0.2) is 0 Å². The summed E-state index contributed by atoms with van der Waals surface area (Å²) >= 11 is 1.47. The molecule has 1 aromatic rings. The third-order valence-corrected chi connectivity index (χ3v) is 1.59. The van der Waals surface area contributed by atoms with E-state index in [1.165, 1.54) is 11.8 Å². The van der Waals surface area contributed by atoms with E-state index in [-0.39, 0.29) is 6.61 Å². The third-order valence-electron chi connectivity index (χ3n) is 1.28. The SMILES string of the molecule is CSC#Cc1ccc(CO)nc1. The van der Waals surface area contributed by atoms with Crippen LogP contribution >= 0.6 is 11.8 Å². The number of nitrogens with zero attached hydrogens (tertiary/aromatic N) is 1. The Morgan fingerprint density at radius 3 is 2.92 bits per heavy atom. The first-order valence-electron chi connectivity index (χ1n) is 3.46. The van der Waals surface area contributed by atoms with Gasteiger partial charge in [-0.2, -0.15) is 0 Å². The molecule has 0 aliphatic rings. The van der Waals surface area contributed by atoms with E-state index in [1.54, 1.807) is 12.3 Å². The van der Waals surface area contributed by atoms with E-state index in [0.717, 1.165) is 5.56 Å². The minimum Gasteiger partial charge on any atom is -0.390 e. The highest BCUT2D eigenvalue weighted by Crippen LogP contribution is 1.99. The Bertz CT molecular complexity index is 297. The normalized spacial score (nSPS) is 8.83. The maximum absolute atomic E-state index is 8.70. The summed E-state index contributed by atoms with van der Waals surface area (Å²) in [6.45, 7) is -0.0176. The maximum atomic E-state index is 8.70. The molecule has 1 aromatic heterocycles. The van der Waals surface area contributed by atoms with Gasteiger partial charge in [-0.1, -0.05) is 17.7 Å². The Kier molecular flexibility index (Phi) is 3.65. The van der Waals surface area contributed by atoms with E-state index in [4.69, 9.17) is 5.11 Å². The quantitative estimate of drug-likeness (QED) is 0.658. The summed E-state index contributed by atoms with van der Waals surface area (Å²) in [5, 5.41) is 11.6. The number of rotatable bonds is 1. The van der Waals surface area contributed by atoms with Gasteiger partial charge in [0.2, 0.25) is 0 Å². The van der Waals surface area contributed by atoms with Gasteiger partial charge < -0.3 is 5.11 Å². The lowest BCUT2D eigenvalue weighted by Gasteiger charge is -1.93. The zero-order chi connectivity index (χ0) is 8.81. The van der Waals surface area contributed by atoms with Gasteiger partial charge in [0.05, 0.1) is 12.3 Å². The molecule has 0 radical (unpaired) electrons. The van der Waals surface area contributed by atoms with Crippen LogP contribution in [0.3, 0.4) is 0 Å². The van der Waals surface area contributed by atoms with Crippen LogP contribution in [0.15, 0.2) is 18.3 Å². The average molecular weight is 179 g/mol. The van der Waals surface area contributed by atoms with Crippen molar-refractivity contribution in [2.75, 3.05) is 6.26 Å². The Labute approximate surface area is 76.0 Å². The van der Waals surface area contributed by atoms with Crippen LogP contribution in [0.5, 0.6) is 0 Å². The highest BCUT2D eigenvalue weighted by Gasteiger charge is 1.90. The van der Waals surface area contributed by atoms with Gasteiger partial charge in [-0.3, -0.25) is 4.98 Å². The summed E-state index contributed by atoms with van der Waals surface area (Å²) in [4.78, 5) is 3.99. The molecule has 0 saturated carbocycles. The fourth-order valence-corrected chi connectivity index (χ4v) is 0.922. The van der Waals surface area contributed by atoms with Crippen molar-refractivity contribution in [1.29, 1.82) is 0 Å². The number of aliphatic hydroxyl groups excluding tert-OH is 1. The molecule has 0 spiro atoms. The average Bonchev–Trinajstić information content (AvgIpc) is 2.15. The van der Waals surface area contributed by atoms with Crippen molar-refractivity contribution in [3.05, 3.63) is 29.6 Å². The van der Waals surface area contributed by atoms with Crippen molar-refractivity contribution in [2.45, 2.75) is 6.61 Å². The molecule has 3 heteroatoms. The van der Waals surface area contributed by atoms with Gasteiger partial charge in [0.1, 0.15) is 0 Å². The lowest BCUT2D eigenvalue weighted by atomic mass is 10.3.